The SMILES string of the molecule is CO[C@@H]1CN(C)C(=O)c2ccc(NC(=O)C3CC3)cc2OC[C@H](C)N(Cc2nccs2)C[C@@H]1C. The number of methoxy groups -OCH3 is 1. The van der Waals surface area contributed by atoms with Crippen LogP contribution in [0.4, 0.5) is 5.69 Å². The number of ether oxygens (including phenoxy) is 2. The minimum Gasteiger partial charge on any atom is -0.491 e. The van der Waals surface area contributed by atoms with Gasteiger partial charge >= 0.3 is 0 Å². The summed E-state index contributed by atoms with van der Waals surface area (Å²) in [7, 11) is 3.49. The zero-order chi connectivity index (χ0) is 24.2. The fraction of sp³-hybridized carbons (Fsp3) is 0.560. The van der Waals surface area contributed by atoms with Crippen LogP contribution in [-0.4, -0.2) is 72.6 Å². The highest BCUT2D eigenvalue weighted by atomic mass is 32.1. The zero-order valence-corrected chi connectivity index (χ0v) is 21.1. The third-order valence-corrected chi connectivity index (χ3v) is 7.38. The van der Waals surface area contributed by atoms with Crippen molar-refractivity contribution in [1.82, 2.24) is 14.8 Å². The van der Waals surface area contributed by atoms with E-state index in [9.17, 15) is 9.59 Å². The number of carbonyl (C=O) groups is 2. The van der Waals surface area contributed by atoms with Crippen LogP contribution in [0.3, 0.4) is 0 Å². The normalized spacial score (nSPS) is 24.5. The van der Waals surface area contributed by atoms with E-state index >= 15 is 0 Å². The molecule has 2 amide bonds. The van der Waals surface area contributed by atoms with Crippen molar-refractivity contribution < 1.29 is 19.1 Å². The monoisotopic (exact) mass is 486 g/mol. The van der Waals surface area contributed by atoms with E-state index in [1.807, 2.05) is 11.6 Å². The Kier molecular flexibility index (Phi) is 7.85. The first-order chi connectivity index (χ1) is 16.4. The largest absolute Gasteiger partial charge is 0.491 e. The summed E-state index contributed by atoms with van der Waals surface area (Å²) in [6.07, 6.45) is 3.58. The number of hydrogen-bond acceptors (Lipinski definition) is 7. The maximum absolute atomic E-state index is 13.3. The summed E-state index contributed by atoms with van der Waals surface area (Å²) in [5, 5.41) is 6.00. The molecule has 8 nitrogen and oxygen atoms in total. The smallest absolute Gasteiger partial charge is 0.257 e. The quantitative estimate of drug-likeness (QED) is 0.697. The topological polar surface area (TPSA) is 84.0 Å². The summed E-state index contributed by atoms with van der Waals surface area (Å²) in [6.45, 7) is 6.66. The van der Waals surface area contributed by atoms with Crippen molar-refractivity contribution in [2.45, 2.75) is 45.4 Å². The van der Waals surface area contributed by atoms with Crippen molar-refractivity contribution in [3.05, 3.63) is 40.3 Å². The van der Waals surface area contributed by atoms with Gasteiger partial charge in [0.25, 0.3) is 5.91 Å². The lowest BCUT2D eigenvalue weighted by molar-refractivity contribution is -0.117. The zero-order valence-electron chi connectivity index (χ0n) is 20.3. The van der Waals surface area contributed by atoms with Gasteiger partial charge in [0.1, 0.15) is 17.4 Å². The first kappa shape index (κ1) is 24.6. The molecule has 1 aromatic heterocycles. The van der Waals surface area contributed by atoms with E-state index < -0.39 is 0 Å². The third kappa shape index (κ3) is 5.95. The maximum atomic E-state index is 13.3. The van der Waals surface area contributed by atoms with Crippen LogP contribution in [0.15, 0.2) is 29.8 Å². The van der Waals surface area contributed by atoms with Crippen molar-refractivity contribution in [3.8, 4) is 5.75 Å². The van der Waals surface area contributed by atoms with Gasteiger partial charge < -0.3 is 19.7 Å². The van der Waals surface area contributed by atoms with E-state index in [1.54, 1.807) is 48.6 Å². The van der Waals surface area contributed by atoms with Crippen LogP contribution in [-0.2, 0) is 16.1 Å². The molecule has 184 valence electrons. The van der Waals surface area contributed by atoms with Crippen molar-refractivity contribution in [1.29, 1.82) is 0 Å². The number of nitrogens with zero attached hydrogens (tertiary/aromatic N) is 3. The van der Waals surface area contributed by atoms with E-state index in [0.29, 0.717) is 30.2 Å². The minimum atomic E-state index is -0.128. The highest BCUT2D eigenvalue weighted by Gasteiger charge is 2.31. The van der Waals surface area contributed by atoms with Crippen LogP contribution in [0.1, 0.15) is 42.1 Å². The molecule has 2 heterocycles. The molecule has 2 aromatic rings. The number of carbonyl (C=O) groups excluding carboxylic acids is 2. The Balaban J connectivity index is 1.62. The number of thiazole rings is 1. The second kappa shape index (κ2) is 10.8. The highest BCUT2D eigenvalue weighted by molar-refractivity contribution is 7.09. The Morgan fingerprint density at radius 1 is 1.29 bits per heavy atom. The van der Waals surface area contributed by atoms with E-state index in [4.69, 9.17) is 9.47 Å². The molecule has 1 aliphatic heterocycles. The number of aromatic nitrogens is 1. The van der Waals surface area contributed by atoms with E-state index in [2.05, 4.69) is 29.0 Å². The van der Waals surface area contributed by atoms with Crippen molar-refractivity contribution >= 4 is 28.8 Å². The number of nitrogens with one attached hydrogen (secondary N) is 1. The second-order valence-corrected chi connectivity index (χ2v) is 10.4. The molecule has 0 bridgehead atoms. The van der Waals surface area contributed by atoms with Gasteiger partial charge in [-0.1, -0.05) is 6.92 Å². The molecule has 0 radical (unpaired) electrons. The molecule has 2 aliphatic rings. The fourth-order valence-electron chi connectivity index (χ4n) is 4.24. The molecule has 4 rings (SSSR count). The summed E-state index contributed by atoms with van der Waals surface area (Å²) in [6, 6.07) is 5.36. The predicted molar refractivity (Wildman–Crippen MR) is 132 cm³/mol. The van der Waals surface area contributed by atoms with Gasteiger partial charge in [0.15, 0.2) is 0 Å². The summed E-state index contributed by atoms with van der Waals surface area (Å²) >= 11 is 1.64. The fourth-order valence-corrected chi connectivity index (χ4v) is 4.88. The molecule has 9 heteroatoms. The molecule has 1 saturated carbocycles. The van der Waals surface area contributed by atoms with Crippen molar-refractivity contribution in [2.24, 2.45) is 11.8 Å². The van der Waals surface area contributed by atoms with Gasteiger partial charge in [-0.25, -0.2) is 4.98 Å². The number of hydrogen-bond donors (Lipinski definition) is 1. The van der Waals surface area contributed by atoms with Gasteiger partial charge in [0.05, 0.1) is 18.2 Å². The van der Waals surface area contributed by atoms with Crippen molar-refractivity contribution in [2.75, 3.05) is 39.2 Å². The lowest BCUT2D eigenvalue weighted by Gasteiger charge is -2.35. The summed E-state index contributed by atoms with van der Waals surface area (Å²) < 4.78 is 12.1. The van der Waals surface area contributed by atoms with Gasteiger partial charge in [0.2, 0.25) is 5.91 Å². The summed E-state index contributed by atoms with van der Waals surface area (Å²) in [5.74, 6) is 0.673. The van der Waals surface area contributed by atoms with Crippen LogP contribution in [0.5, 0.6) is 5.75 Å². The Morgan fingerprint density at radius 2 is 2.09 bits per heavy atom. The van der Waals surface area contributed by atoms with Gasteiger partial charge in [-0.15, -0.1) is 11.3 Å². The van der Waals surface area contributed by atoms with Crippen LogP contribution in [0.2, 0.25) is 0 Å². The molecular weight excluding hydrogens is 452 g/mol. The lowest BCUT2D eigenvalue weighted by atomic mass is 10.0. The number of benzene rings is 1. The predicted octanol–water partition coefficient (Wildman–Crippen LogP) is 3.50. The molecule has 1 fully saturated rings. The lowest BCUT2D eigenvalue weighted by Crippen LogP contribution is -2.46. The van der Waals surface area contributed by atoms with Crippen LogP contribution in [0, 0.1) is 11.8 Å². The van der Waals surface area contributed by atoms with Gasteiger partial charge in [-0.05, 0) is 37.8 Å². The molecule has 34 heavy (non-hydrogen) atoms. The third-order valence-electron chi connectivity index (χ3n) is 6.61. The molecule has 1 aliphatic carbocycles. The number of likely N-dealkylation sites (N-methyl/N-ethyl adjacent to an activating group) is 1. The highest BCUT2D eigenvalue weighted by Crippen LogP contribution is 2.32. The van der Waals surface area contributed by atoms with E-state index in [0.717, 1.165) is 30.9 Å². The van der Waals surface area contributed by atoms with Gasteiger partial charge in [0, 0.05) is 62.5 Å². The van der Waals surface area contributed by atoms with E-state index in [1.165, 1.54) is 0 Å². The van der Waals surface area contributed by atoms with Gasteiger partial charge in [-0.2, -0.15) is 0 Å². The molecule has 0 unspecified atom stereocenters. The van der Waals surface area contributed by atoms with E-state index in [-0.39, 0.29) is 35.8 Å². The number of fused-ring (bicyclic) bond motifs is 1. The first-order valence-corrected chi connectivity index (χ1v) is 12.7. The maximum Gasteiger partial charge on any atom is 0.257 e. The average molecular weight is 487 g/mol. The Morgan fingerprint density at radius 3 is 2.76 bits per heavy atom. The number of anilines is 1. The molecule has 0 spiro atoms. The first-order valence-electron chi connectivity index (χ1n) is 11.8. The van der Waals surface area contributed by atoms with Crippen LogP contribution in [0.25, 0.3) is 0 Å². The number of rotatable bonds is 5. The molecular formula is C25H34N4O4S. The van der Waals surface area contributed by atoms with Crippen molar-refractivity contribution in [3.63, 3.8) is 0 Å². The standard InChI is InChI=1S/C25H34N4O4S/c1-16-12-29(14-23-26-9-10-34-23)17(2)15-33-21-11-19(27-24(30)18-5-6-18)7-8-20(21)25(31)28(3)13-22(16)32-4/h7-11,16-18,22H,5-6,12-15H2,1-4H3,(H,27,30)/t16-,17-,22+/m0/s1. The van der Waals surface area contributed by atoms with Gasteiger partial charge in [-0.3, -0.25) is 14.5 Å². The van der Waals surface area contributed by atoms with Crippen LogP contribution >= 0.6 is 11.3 Å². The molecule has 3 atom stereocenters. The molecule has 1 N–H and O–H groups in total. The molecule has 0 saturated heterocycles. The minimum absolute atomic E-state index is 0.0245. The van der Waals surface area contributed by atoms with Crippen LogP contribution < -0.4 is 10.1 Å². The number of amides is 2. The average Bonchev–Trinajstić information content (AvgIpc) is 3.56. The Hall–Kier alpha value is -2.49. The Labute approximate surface area is 205 Å². The Bertz CT molecular complexity index is 995. The summed E-state index contributed by atoms with van der Waals surface area (Å²) in [4.78, 5) is 34.1. The summed E-state index contributed by atoms with van der Waals surface area (Å²) in [5.41, 5.74) is 1.13. The second-order valence-electron chi connectivity index (χ2n) is 9.43. The molecule has 1 aromatic carbocycles.